The summed E-state index contributed by atoms with van der Waals surface area (Å²) < 4.78 is 10.7. The highest BCUT2D eigenvalue weighted by molar-refractivity contribution is 6.22. The number of nitrogens with one attached hydrogen (secondary N) is 1. The topological polar surface area (TPSA) is 122 Å². The molecule has 1 aliphatic heterocycles. The Morgan fingerprint density at radius 2 is 1.42 bits per heavy atom. The number of imide groups is 1. The molecule has 0 aromatic heterocycles. The average Bonchev–Trinajstić information content (AvgIpc) is 3.06. The monoisotopic (exact) mass is 523 g/mol. The quantitative estimate of drug-likeness (QED) is 0.496. The minimum atomic E-state index is -1.01. The first-order valence-corrected chi connectivity index (χ1v) is 12.2. The number of ketones is 1. The van der Waals surface area contributed by atoms with Gasteiger partial charge in [0.05, 0.1) is 29.8 Å². The number of carbonyl (C=O) groups is 5. The summed E-state index contributed by atoms with van der Waals surface area (Å²) in [5.41, 5.74) is -0.524. The Kier molecular flexibility index (Phi) is 8.55. The molecular weight excluding hydrogens is 490 g/mol. The number of Topliss-reactive ketones (excluding diaryl/α,β-unsaturated/α-hetero) is 1. The maximum Gasteiger partial charge on any atom is 0.410 e. The fraction of sp³-hybridized carbons (Fsp3) is 0.393. The van der Waals surface area contributed by atoms with E-state index in [1.807, 2.05) is 6.07 Å². The fourth-order valence-electron chi connectivity index (χ4n) is 3.91. The minimum absolute atomic E-state index is 0.0251. The van der Waals surface area contributed by atoms with Crippen molar-refractivity contribution < 1.29 is 33.4 Å². The Hall–Kier alpha value is -4.21. The van der Waals surface area contributed by atoms with Crippen molar-refractivity contribution in [2.75, 3.05) is 19.6 Å². The minimum Gasteiger partial charge on any atom is -0.445 e. The van der Waals surface area contributed by atoms with Crippen LogP contribution in [-0.2, 0) is 20.9 Å². The van der Waals surface area contributed by atoms with Crippen molar-refractivity contribution >= 4 is 29.8 Å². The van der Waals surface area contributed by atoms with Crippen LogP contribution in [0.15, 0.2) is 54.6 Å². The lowest BCUT2D eigenvalue weighted by atomic mass is 10.1. The van der Waals surface area contributed by atoms with Gasteiger partial charge in [0.1, 0.15) is 12.2 Å². The second kappa shape index (κ2) is 11.5. The third-order valence-electron chi connectivity index (χ3n) is 5.47. The number of fused-ring (bicyclic) bond motifs is 1. The van der Waals surface area contributed by atoms with Gasteiger partial charge < -0.3 is 14.8 Å². The Balaban J connectivity index is 1.71. The summed E-state index contributed by atoms with van der Waals surface area (Å²) in [4.78, 5) is 65.8. The zero-order valence-electron chi connectivity index (χ0n) is 22.3. The van der Waals surface area contributed by atoms with Crippen LogP contribution in [0.4, 0.5) is 9.59 Å². The largest absolute Gasteiger partial charge is 0.445 e. The zero-order valence-corrected chi connectivity index (χ0v) is 22.3. The van der Waals surface area contributed by atoms with Crippen LogP contribution in [0.3, 0.4) is 0 Å². The molecule has 2 aromatic rings. The third kappa shape index (κ3) is 7.64. The molecule has 10 nitrogen and oxygen atoms in total. The van der Waals surface area contributed by atoms with Crippen LogP contribution in [0.25, 0.3) is 0 Å². The molecule has 3 rings (SSSR count). The molecule has 0 unspecified atom stereocenters. The maximum atomic E-state index is 13.0. The van der Waals surface area contributed by atoms with E-state index in [-0.39, 0.29) is 24.3 Å². The van der Waals surface area contributed by atoms with Crippen molar-refractivity contribution in [2.45, 2.75) is 52.4 Å². The van der Waals surface area contributed by atoms with E-state index < -0.39 is 54.0 Å². The van der Waals surface area contributed by atoms with Crippen LogP contribution in [0.5, 0.6) is 0 Å². The van der Waals surface area contributed by atoms with Gasteiger partial charge in [-0.3, -0.25) is 24.2 Å². The molecule has 38 heavy (non-hydrogen) atoms. The van der Waals surface area contributed by atoms with Crippen LogP contribution in [0.1, 0.15) is 60.9 Å². The van der Waals surface area contributed by atoms with E-state index in [0.717, 1.165) is 15.4 Å². The number of benzene rings is 2. The molecule has 0 atom stereocenters. The lowest BCUT2D eigenvalue weighted by Gasteiger charge is -2.33. The summed E-state index contributed by atoms with van der Waals surface area (Å²) in [5, 5.41) is 2.70. The number of hydrogen-bond donors (Lipinski definition) is 1. The van der Waals surface area contributed by atoms with Gasteiger partial charge in [0, 0.05) is 6.54 Å². The number of carbonyl (C=O) groups excluding carboxylic acids is 5. The zero-order chi connectivity index (χ0) is 28.1. The molecule has 0 bridgehead atoms. The van der Waals surface area contributed by atoms with Crippen LogP contribution in [0, 0.1) is 0 Å². The number of hydrogen-bond acceptors (Lipinski definition) is 7. The molecular formula is C28H33N3O7. The van der Waals surface area contributed by atoms with Crippen LogP contribution in [0.2, 0.25) is 0 Å². The number of amides is 4. The molecule has 1 aliphatic rings. The van der Waals surface area contributed by atoms with E-state index in [0.29, 0.717) is 0 Å². The molecule has 0 aliphatic carbocycles. The van der Waals surface area contributed by atoms with Gasteiger partial charge >= 0.3 is 12.2 Å². The van der Waals surface area contributed by atoms with Crippen LogP contribution >= 0.6 is 0 Å². The molecule has 1 heterocycles. The Morgan fingerprint density at radius 3 is 1.97 bits per heavy atom. The van der Waals surface area contributed by atoms with E-state index in [1.54, 1.807) is 71.0 Å². The van der Waals surface area contributed by atoms with Gasteiger partial charge in [0.25, 0.3) is 11.8 Å². The van der Waals surface area contributed by atoms with E-state index >= 15 is 0 Å². The lowest BCUT2D eigenvalue weighted by Crippen LogP contribution is -2.55. The highest BCUT2D eigenvalue weighted by atomic mass is 16.6. The first kappa shape index (κ1) is 28.4. The predicted octanol–water partition coefficient (Wildman–Crippen LogP) is 3.79. The van der Waals surface area contributed by atoms with Crippen molar-refractivity contribution in [1.29, 1.82) is 0 Å². The Bertz CT molecular complexity index is 1180. The van der Waals surface area contributed by atoms with Gasteiger partial charge in [0.2, 0.25) is 0 Å². The molecule has 2 aromatic carbocycles. The van der Waals surface area contributed by atoms with Crippen LogP contribution in [-0.4, -0.2) is 70.4 Å². The second-order valence-electron chi connectivity index (χ2n) is 10.7. The Morgan fingerprint density at radius 1 is 0.868 bits per heavy atom. The summed E-state index contributed by atoms with van der Waals surface area (Å²) in [6.07, 6.45) is -1.47. The van der Waals surface area contributed by atoms with Crippen LogP contribution < -0.4 is 5.32 Å². The summed E-state index contributed by atoms with van der Waals surface area (Å²) in [6.45, 7) is 7.44. The summed E-state index contributed by atoms with van der Waals surface area (Å²) in [5.74, 6) is -1.68. The van der Waals surface area contributed by atoms with Gasteiger partial charge in [-0.25, -0.2) is 9.59 Å². The number of nitrogens with zero attached hydrogens (tertiary/aromatic N) is 2. The maximum absolute atomic E-state index is 13.0. The van der Waals surface area contributed by atoms with E-state index in [4.69, 9.17) is 9.47 Å². The van der Waals surface area contributed by atoms with E-state index in [9.17, 15) is 24.0 Å². The first-order chi connectivity index (χ1) is 17.8. The molecule has 4 amide bonds. The number of rotatable bonds is 9. The van der Waals surface area contributed by atoms with Gasteiger partial charge in [-0.05, 0) is 52.3 Å². The van der Waals surface area contributed by atoms with Gasteiger partial charge in [-0.1, -0.05) is 42.5 Å². The lowest BCUT2D eigenvalue weighted by molar-refractivity contribution is -0.120. The summed E-state index contributed by atoms with van der Waals surface area (Å²) in [7, 11) is 0. The number of alkyl carbamates (subject to hydrolysis) is 1. The Labute approximate surface area is 221 Å². The molecule has 0 saturated heterocycles. The number of ether oxygens (including phenoxy) is 2. The van der Waals surface area contributed by atoms with Gasteiger partial charge in [-0.15, -0.1) is 0 Å². The van der Waals surface area contributed by atoms with Crippen molar-refractivity contribution in [3.63, 3.8) is 0 Å². The van der Waals surface area contributed by atoms with Crippen molar-refractivity contribution in [1.82, 2.24) is 15.1 Å². The first-order valence-electron chi connectivity index (χ1n) is 12.2. The molecule has 0 saturated carbocycles. The molecule has 1 N–H and O–H groups in total. The smallest absolute Gasteiger partial charge is 0.410 e. The third-order valence-corrected chi connectivity index (χ3v) is 5.47. The SMILES string of the molecule is CC(C)(CN(CC(=O)CN1C(=O)c2ccccc2C1=O)C(=O)OCc1ccccc1)NC(=O)OC(C)(C)C. The molecule has 0 fully saturated rings. The highest BCUT2D eigenvalue weighted by Crippen LogP contribution is 2.22. The average molecular weight is 524 g/mol. The van der Waals surface area contributed by atoms with Crippen molar-refractivity contribution in [2.24, 2.45) is 0 Å². The molecule has 202 valence electrons. The van der Waals surface area contributed by atoms with E-state index in [2.05, 4.69) is 5.32 Å². The molecule has 0 radical (unpaired) electrons. The van der Waals surface area contributed by atoms with E-state index in [1.165, 1.54) is 12.1 Å². The summed E-state index contributed by atoms with van der Waals surface area (Å²) in [6, 6.07) is 15.4. The van der Waals surface area contributed by atoms with Gasteiger partial charge in [0.15, 0.2) is 5.78 Å². The van der Waals surface area contributed by atoms with Crippen molar-refractivity contribution in [3.05, 3.63) is 71.3 Å². The normalized spacial score (nSPS) is 13.1. The van der Waals surface area contributed by atoms with Gasteiger partial charge in [-0.2, -0.15) is 0 Å². The predicted molar refractivity (Wildman–Crippen MR) is 138 cm³/mol. The second-order valence-corrected chi connectivity index (χ2v) is 10.7. The fourth-order valence-corrected chi connectivity index (χ4v) is 3.91. The van der Waals surface area contributed by atoms with Crippen molar-refractivity contribution in [3.8, 4) is 0 Å². The highest BCUT2D eigenvalue weighted by Gasteiger charge is 2.37. The summed E-state index contributed by atoms with van der Waals surface area (Å²) >= 11 is 0. The molecule has 10 heteroatoms. The standard InChI is InChI=1S/C28H33N3O7/c1-27(2,3)38-25(35)29-28(4,5)18-30(26(36)37-17-19-11-7-6-8-12-19)15-20(32)16-31-23(33)21-13-9-10-14-22(21)24(31)34/h6-14H,15-18H2,1-5H3,(H,29,35). The molecule has 0 spiro atoms.